The van der Waals surface area contributed by atoms with Gasteiger partial charge in [-0.3, -0.25) is 9.59 Å². The molecule has 120 valence electrons. The molecule has 0 radical (unpaired) electrons. The lowest BCUT2D eigenvalue weighted by Crippen LogP contribution is -2.69. The van der Waals surface area contributed by atoms with E-state index in [-0.39, 0.29) is 41.8 Å². The third-order valence-electron chi connectivity index (χ3n) is 5.11. The van der Waals surface area contributed by atoms with Crippen LogP contribution in [-0.2, 0) is 9.59 Å². The lowest BCUT2D eigenvalue weighted by Gasteiger charge is -2.48. The maximum atomic E-state index is 13.0. The molecule has 2 aliphatic rings. The number of nitrogens with one attached hydrogen (secondary N) is 1. The molecule has 0 spiro atoms. The fourth-order valence-electron chi connectivity index (χ4n) is 3.88. The van der Waals surface area contributed by atoms with Gasteiger partial charge in [-0.25, -0.2) is 0 Å². The molecule has 1 saturated carbocycles. The third-order valence-corrected chi connectivity index (χ3v) is 5.11. The van der Waals surface area contributed by atoms with E-state index in [0.717, 1.165) is 19.3 Å². The summed E-state index contributed by atoms with van der Waals surface area (Å²) in [5, 5.41) is 2.95. The Balaban J connectivity index is 2.33. The molecule has 0 aromatic carbocycles. The fraction of sp³-hybridized carbons (Fsp3) is 0.882. The van der Waals surface area contributed by atoms with Crippen molar-refractivity contribution < 1.29 is 9.59 Å². The van der Waals surface area contributed by atoms with Crippen LogP contribution in [0.3, 0.4) is 0 Å². The highest BCUT2D eigenvalue weighted by Crippen LogP contribution is 2.33. The van der Waals surface area contributed by atoms with Crippen molar-refractivity contribution in [2.45, 2.75) is 78.4 Å². The third kappa shape index (κ3) is 3.09. The lowest BCUT2D eigenvalue weighted by atomic mass is 9.81. The van der Waals surface area contributed by atoms with Crippen molar-refractivity contribution in [2.24, 2.45) is 17.8 Å². The highest BCUT2D eigenvalue weighted by Gasteiger charge is 2.47. The zero-order valence-corrected chi connectivity index (χ0v) is 14.1. The summed E-state index contributed by atoms with van der Waals surface area (Å²) in [5.41, 5.74) is 0. The van der Waals surface area contributed by atoms with Gasteiger partial charge in [0, 0.05) is 6.04 Å². The summed E-state index contributed by atoms with van der Waals surface area (Å²) in [6.45, 7) is 10.3. The number of hydrogen-bond donors (Lipinski definition) is 1. The molecule has 4 unspecified atom stereocenters. The average Bonchev–Trinajstić information content (AvgIpc) is 2.40. The van der Waals surface area contributed by atoms with E-state index in [1.54, 1.807) is 0 Å². The molecule has 1 heterocycles. The van der Waals surface area contributed by atoms with Gasteiger partial charge in [0.25, 0.3) is 0 Å². The summed E-state index contributed by atoms with van der Waals surface area (Å²) in [6, 6.07) is -0.439. The Hall–Kier alpha value is -1.06. The Kier molecular flexibility index (Phi) is 4.95. The van der Waals surface area contributed by atoms with Crippen molar-refractivity contribution >= 4 is 11.8 Å². The molecule has 0 aromatic rings. The molecule has 4 nitrogen and oxygen atoms in total. The fourth-order valence-corrected chi connectivity index (χ4v) is 3.88. The summed E-state index contributed by atoms with van der Waals surface area (Å²) in [6.07, 6.45) is 4.60. The zero-order valence-electron chi connectivity index (χ0n) is 14.1. The molecule has 1 N–H and O–H groups in total. The van der Waals surface area contributed by atoms with E-state index < -0.39 is 0 Å². The maximum Gasteiger partial charge on any atom is 0.246 e. The van der Waals surface area contributed by atoms with Crippen LogP contribution in [-0.4, -0.2) is 34.8 Å². The van der Waals surface area contributed by atoms with E-state index >= 15 is 0 Å². The van der Waals surface area contributed by atoms with Crippen molar-refractivity contribution in [1.82, 2.24) is 10.2 Å². The van der Waals surface area contributed by atoms with E-state index in [1.165, 1.54) is 6.42 Å². The molecule has 2 amide bonds. The van der Waals surface area contributed by atoms with Crippen LogP contribution in [0.2, 0.25) is 0 Å². The smallest absolute Gasteiger partial charge is 0.246 e. The second-order valence-electron chi connectivity index (χ2n) is 7.49. The SMILES string of the molecule is CC(C)C1NC(=O)C(C(C)C)N(C2CCCCC2C)C1=O. The highest BCUT2D eigenvalue weighted by molar-refractivity contribution is 5.97. The summed E-state index contributed by atoms with van der Waals surface area (Å²) < 4.78 is 0. The van der Waals surface area contributed by atoms with Crippen molar-refractivity contribution in [1.29, 1.82) is 0 Å². The molecule has 1 saturated heterocycles. The molecular formula is C17H30N2O2. The Morgan fingerprint density at radius 1 is 1.05 bits per heavy atom. The maximum absolute atomic E-state index is 13.0. The van der Waals surface area contributed by atoms with Crippen LogP contribution in [0.15, 0.2) is 0 Å². The van der Waals surface area contributed by atoms with E-state index in [9.17, 15) is 9.59 Å². The Morgan fingerprint density at radius 3 is 2.19 bits per heavy atom. The van der Waals surface area contributed by atoms with E-state index in [2.05, 4.69) is 12.2 Å². The summed E-state index contributed by atoms with van der Waals surface area (Å²) in [4.78, 5) is 27.5. The Bertz CT molecular complexity index is 406. The van der Waals surface area contributed by atoms with Gasteiger partial charge in [0.1, 0.15) is 12.1 Å². The molecule has 4 heteroatoms. The first-order valence-corrected chi connectivity index (χ1v) is 8.47. The van der Waals surface area contributed by atoms with Gasteiger partial charge in [-0.1, -0.05) is 47.5 Å². The highest BCUT2D eigenvalue weighted by atomic mass is 16.2. The summed E-state index contributed by atoms with van der Waals surface area (Å²) in [7, 11) is 0. The largest absolute Gasteiger partial charge is 0.342 e. The summed E-state index contributed by atoms with van der Waals surface area (Å²) >= 11 is 0. The van der Waals surface area contributed by atoms with Gasteiger partial charge >= 0.3 is 0 Å². The first kappa shape index (κ1) is 16.3. The number of nitrogens with zero attached hydrogens (tertiary/aromatic N) is 1. The monoisotopic (exact) mass is 294 g/mol. The molecule has 1 aliphatic heterocycles. The van der Waals surface area contributed by atoms with Crippen LogP contribution in [0.4, 0.5) is 0 Å². The minimum atomic E-state index is -0.360. The van der Waals surface area contributed by atoms with Gasteiger partial charge in [0.2, 0.25) is 11.8 Å². The molecule has 4 atom stereocenters. The Morgan fingerprint density at radius 2 is 1.67 bits per heavy atom. The first-order chi connectivity index (χ1) is 9.84. The Labute approximate surface area is 128 Å². The van der Waals surface area contributed by atoms with Crippen LogP contribution in [0.5, 0.6) is 0 Å². The number of rotatable bonds is 3. The van der Waals surface area contributed by atoms with Gasteiger partial charge in [-0.15, -0.1) is 0 Å². The minimum Gasteiger partial charge on any atom is -0.342 e. The van der Waals surface area contributed by atoms with Crippen molar-refractivity contribution in [3.8, 4) is 0 Å². The van der Waals surface area contributed by atoms with Crippen molar-refractivity contribution in [3.63, 3.8) is 0 Å². The normalized spacial score (nSPS) is 34.5. The van der Waals surface area contributed by atoms with Crippen LogP contribution in [0.25, 0.3) is 0 Å². The van der Waals surface area contributed by atoms with E-state index in [1.807, 2.05) is 32.6 Å². The first-order valence-electron chi connectivity index (χ1n) is 8.47. The van der Waals surface area contributed by atoms with E-state index in [0.29, 0.717) is 5.92 Å². The number of hydrogen-bond acceptors (Lipinski definition) is 2. The predicted molar refractivity (Wildman–Crippen MR) is 83.7 cm³/mol. The molecule has 2 rings (SSSR count). The van der Waals surface area contributed by atoms with E-state index in [4.69, 9.17) is 0 Å². The van der Waals surface area contributed by atoms with Gasteiger partial charge in [0.05, 0.1) is 0 Å². The number of amides is 2. The van der Waals surface area contributed by atoms with Crippen LogP contribution < -0.4 is 5.32 Å². The predicted octanol–water partition coefficient (Wildman–Crippen LogP) is 2.57. The molecule has 0 bridgehead atoms. The number of carbonyl (C=O) groups excluding carboxylic acids is 2. The molecule has 1 aliphatic carbocycles. The summed E-state index contributed by atoms with van der Waals surface area (Å²) in [5.74, 6) is 0.929. The topological polar surface area (TPSA) is 49.4 Å². The van der Waals surface area contributed by atoms with Gasteiger partial charge in [0.15, 0.2) is 0 Å². The molecular weight excluding hydrogens is 264 g/mol. The molecule has 0 aromatic heterocycles. The standard InChI is InChI=1S/C17H30N2O2/c1-10(2)14-17(21)19(13-9-7-6-8-12(13)5)15(11(3)4)16(20)18-14/h10-15H,6-9H2,1-5H3,(H,18,20). The van der Waals surface area contributed by atoms with Crippen molar-refractivity contribution in [2.75, 3.05) is 0 Å². The second-order valence-corrected chi connectivity index (χ2v) is 7.49. The zero-order chi connectivity index (χ0) is 15.7. The lowest BCUT2D eigenvalue weighted by molar-refractivity contribution is -0.157. The van der Waals surface area contributed by atoms with Gasteiger partial charge in [-0.05, 0) is 30.6 Å². The number of carbonyl (C=O) groups is 2. The minimum absolute atomic E-state index is 0.0288. The van der Waals surface area contributed by atoms with Gasteiger partial charge < -0.3 is 10.2 Å². The van der Waals surface area contributed by atoms with Crippen LogP contribution in [0.1, 0.15) is 60.3 Å². The quantitative estimate of drug-likeness (QED) is 0.869. The van der Waals surface area contributed by atoms with Crippen LogP contribution in [0, 0.1) is 17.8 Å². The van der Waals surface area contributed by atoms with Crippen molar-refractivity contribution in [3.05, 3.63) is 0 Å². The van der Waals surface area contributed by atoms with Crippen LogP contribution >= 0.6 is 0 Å². The van der Waals surface area contributed by atoms with Gasteiger partial charge in [-0.2, -0.15) is 0 Å². The molecule has 21 heavy (non-hydrogen) atoms. The molecule has 2 fully saturated rings. The second kappa shape index (κ2) is 6.37. The number of piperazine rings is 1. The average molecular weight is 294 g/mol.